The van der Waals surface area contributed by atoms with Crippen molar-refractivity contribution in [3.8, 4) is 0 Å². The Balaban J connectivity index is 1.14. The van der Waals surface area contributed by atoms with E-state index in [0.717, 1.165) is 34.2 Å². The molecule has 0 bridgehead atoms. The fourth-order valence-corrected chi connectivity index (χ4v) is 11.0. The zero-order valence-corrected chi connectivity index (χ0v) is 27.7. The number of carbonyl (C=O) groups is 4. The van der Waals surface area contributed by atoms with E-state index >= 15 is 0 Å². The first-order valence-corrected chi connectivity index (χ1v) is 19.3. The first-order valence-electron chi connectivity index (χ1n) is 14.4. The Labute approximate surface area is 257 Å². The first-order chi connectivity index (χ1) is 19.3. The molecule has 4 rings (SSSR count). The molecule has 12 heteroatoms. The summed E-state index contributed by atoms with van der Waals surface area (Å²) in [6, 6.07) is 0. The van der Waals surface area contributed by atoms with Gasteiger partial charge in [-0.05, 0) is 54.4 Å². The van der Waals surface area contributed by atoms with Gasteiger partial charge in [-0.3, -0.25) is 37.4 Å². The third kappa shape index (κ3) is 8.44. The summed E-state index contributed by atoms with van der Waals surface area (Å²) in [6.07, 6.45) is 6.59. The molecule has 0 N–H and O–H groups in total. The molecule has 41 heavy (non-hydrogen) atoms. The van der Waals surface area contributed by atoms with Crippen LogP contribution in [-0.4, -0.2) is 89.5 Å². The number of thioether (sulfide) groups is 2. The fraction of sp³-hybridized carbons (Fsp3) is 0.724. The van der Waals surface area contributed by atoms with Crippen molar-refractivity contribution in [3.05, 3.63) is 22.0 Å². The van der Waals surface area contributed by atoms with Gasteiger partial charge in [-0.1, -0.05) is 27.7 Å². The fourth-order valence-electron chi connectivity index (χ4n) is 5.53. The van der Waals surface area contributed by atoms with Gasteiger partial charge in [-0.15, -0.1) is 23.5 Å². The standard InChI is InChI=1S/C29H42N2O6S4/c1-28(2,18-30-24(32)16-22-20(26(30)34)6-10-38-22)8-14-40(36)12-5-13-41(37)15-9-29(3,4)19-31-25(33)17-23-21(27(31)35)7-11-39-23/h16-17,20-21H,5-15,18-19H2,1-4H3. The van der Waals surface area contributed by atoms with Crippen molar-refractivity contribution >= 4 is 68.8 Å². The summed E-state index contributed by atoms with van der Waals surface area (Å²) in [5.74, 6) is 2.53. The Hall–Kier alpha value is -1.24. The van der Waals surface area contributed by atoms with Gasteiger partial charge in [0.05, 0.1) is 11.8 Å². The topological polar surface area (TPSA) is 109 Å². The van der Waals surface area contributed by atoms with Crippen molar-refractivity contribution in [2.45, 2.75) is 59.8 Å². The molecule has 0 radical (unpaired) electrons. The number of rotatable bonds is 14. The van der Waals surface area contributed by atoms with Gasteiger partial charge in [0.15, 0.2) is 0 Å². The van der Waals surface area contributed by atoms with Gasteiger partial charge in [-0.25, -0.2) is 0 Å². The van der Waals surface area contributed by atoms with E-state index in [1.54, 1.807) is 35.7 Å². The van der Waals surface area contributed by atoms with Crippen LogP contribution in [0.2, 0.25) is 0 Å². The van der Waals surface area contributed by atoms with E-state index in [1.807, 2.05) is 27.7 Å². The summed E-state index contributed by atoms with van der Waals surface area (Å²) >= 11 is 3.19. The van der Waals surface area contributed by atoms with Crippen LogP contribution in [0.4, 0.5) is 0 Å². The Morgan fingerprint density at radius 1 is 0.707 bits per heavy atom. The van der Waals surface area contributed by atoms with Crippen LogP contribution in [0.5, 0.6) is 0 Å². The predicted octanol–water partition coefficient (Wildman–Crippen LogP) is 3.72. The largest absolute Gasteiger partial charge is 0.278 e. The quantitative estimate of drug-likeness (QED) is 0.264. The van der Waals surface area contributed by atoms with Crippen LogP contribution in [-0.2, 0) is 40.8 Å². The van der Waals surface area contributed by atoms with Crippen LogP contribution in [0.25, 0.3) is 0 Å². The second kappa shape index (κ2) is 13.6. The molecule has 0 aromatic rings. The molecule has 228 valence electrons. The lowest BCUT2D eigenvalue weighted by Gasteiger charge is -2.34. The highest BCUT2D eigenvalue weighted by Crippen LogP contribution is 2.41. The smallest absolute Gasteiger partial charge is 0.254 e. The molecule has 4 amide bonds. The van der Waals surface area contributed by atoms with E-state index in [1.165, 1.54) is 9.80 Å². The Kier molecular flexibility index (Phi) is 10.8. The van der Waals surface area contributed by atoms with Gasteiger partial charge in [0.25, 0.3) is 11.8 Å². The lowest BCUT2D eigenvalue weighted by Crippen LogP contribution is -2.47. The summed E-state index contributed by atoms with van der Waals surface area (Å²) in [4.78, 5) is 55.3. The van der Waals surface area contributed by atoms with Crippen molar-refractivity contribution in [3.63, 3.8) is 0 Å². The maximum atomic E-state index is 12.8. The molecule has 0 aromatic carbocycles. The Bertz CT molecular complexity index is 1100. The third-order valence-electron chi connectivity index (χ3n) is 8.16. The van der Waals surface area contributed by atoms with E-state index < -0.39 is 21.6 Å². The average molecular weight is 643 g/mol. The summed E-state index contributed by atoms with van der Waals surface area (Å²) in [5.41, 5.74) is -0.699. The van der Waals surface area contributed by atoms with Crippen LogP contribution >= 0.6 is 23.5 Å². The normalized spacial score (nSPS) is 24.8. The van der Waals surface area contributed by atoms with Gasteiger partial charge < -0.3 is 0 Å². The number of hydrogen-bond acceptors (Lipinski definition) is 8. The third-order valence-corrected chi connectivity index (χ3v) is 13.3. The van der Waals surface area contributed by atoms with Crippen molar-refractivity contribution in [1.29, 1.82) is 0 Å². The summed E-state index contributed by atoms with van der Waals surface area (Å²) in [5, 5.41) is 0. The number of fused-ring (bicyclic) bond motifs is 2. The van der Waals surface area contributed by atoms with Crippen molar-refractivity contribution in [2.24, 2.45) is 22.7 Å². The molecular weight excluding hydrogens is 601 g/mol. The van der Waals surface area contributed by atoms with Crippen LogP contribution in [0.1, 0.15) is 59.8 Å². The van der Waals surface area contributed by atoms with E-state index in [4.69, 9.17) is 0 Å². The maximum Gasteiger partial charge on any atom is 0.254 e. The minimum absolute atomic E-state index is 0.106. The van der Waals surface area contributed by atoms with Crippen LogP contribution < -0.4 is 0 Å². The molecule has 4 heterocycles. The number of amides is 4. The van der Waals surface area contributed by atoms with Crippen LogP contribution in [0.15, 0.2) is 22.0 Å². The second-order valence-electron chi connectivity index (χ2n) is 12.9. The molecule has 0 aliphatic carbocycles. The highest BCUT2D eigenvalue weighted by molar-refractivity contribution is 8.03. The predicted molar refractivity (Wildman–Crippen MR) is 168 cm³/mol. The molecule has 2 saturated heterocycles. The zero-order chi connectivity index (χ0) is 29.9. The monoisotopic (exact) mass is 642 g/mol. The molecule has 4 aliphatic rings. The molecule has 0 aromatic heterocycles. The molecule has 4 unspecified atom stereocenters. The maximum absolute atomic E-state index is 12.8. The van der Waals surface area contributed by atoms with Gasteiger partial charge in [0.2, 0.25) is 11.8 Å². The molecule has 0 saturated carbocycles. The van der Waals surface area contributed by atoms with Crippen molar-refractivity contribution < 1.29 is 27.6 Å². The summed E-state index contributed by atoms with van der Waals surface area (Å²) in [6.45, 7) is 8.62. The highest BCUT2D eigenvalue weighted by Gasteiger charge is 2.42. The van der Waals surface area contributed by atoms with E-state index in [2.05, 4.69) is 0 Å². The zero-order valence-electron chi connectivity index (χ0n) is 24.5. The Morgan fingerprint density at radius 2 is 1.10 bits per heavy atom. The lowest BCUT2D eigenvalue weighted by molar-refractivity contribution is -0.148. The van der Waals surface area contributed by atoms with Gasteiger partial charge in [0, 0.05) is 79.7 Å². The van der Waals surface area contributed by atoms with Crippen molar-refractivity contribution in [1.82, 2.24) is 9.80 Å². The van der Waals surface area contributed by atoms with Crippen LogP contribution in [0.3, 0.4) is 0 Å². The number of nitrogens with zero attached hydrogens (tertiary/aromatic N) is 2. The highest BCUT2D eigenvalue weighted by atomic mass is 32.2. The molecule has 0 spiro atoms. The first kappa shape index (κ1) is 32.7. The van der Waals surface area contributed by atoms with Gasteiger partial charge in [0.1, 0.15) is 0 Å². The second-order valence-corrected chi connectivity index (χ2v) is 18.6. The summed E-state index contributed by atoms with van der Waals surface area (Å²) in [7, 11) is -2.15. The van der Waals surface area contributed by atoms with E-state index in [0.29, 0.717) is 55.4 Å². The van der Waals surface area contributed by atoms with Crippen LogP contribution in [0, 0.1) is 22.7 Å². The number of imide groups is 2. The molecule has 4 aliphatic heterocycles. The number of carbonyl (C=O) groups excluding carboxylic acids is 4. The van der Waals surface area contributed by atoms with Crippen molar-refractivity contribution in [2.75, 3.05) is 47.6 Å². The lowest BCUT2D eigenvalue weighted by atomic mass is 9.88. The minimum atomic E-state index is -1.07. The number of hydrogen-bond donors (Lipinski definition) is 0. The van der Waals surface area contributed by atoms with E-state index in [9.17, 15) is 27.6 Å². The average Bonchev–Trinajstić information content (AvgIpc) is 3.56. The summed E-state index contributed by atoms with van der Waals surface area (Å²) < 4.78 is 25.4. The minimum Gasteiger partial charge on any atom is -0.278 e. The van der Waals surface area contributed by atoms with Gasteiger partial charge in [-0.2, -0.15) is 0 Å². The van der Waals surface area contributed by atoms with Gasteiger partial charge >= 0.3 is 0 Å². The van der Waals surface area contributed by atoms with E-state index in [-0.39, 0.29) is 46.3 Å². The molecular formula is C29H42N2O6S4. The molecule has 4 atom stereocenters. The molecule has 8 nitrogen and oxygen atoms in total. The Morgan fingerprint density at radius 3 is 1.49 bits per heavy atom. The molecule has 2 fully saturated rings. The SMILES string of the molecule is CC(C)(CCS(=O)CCCS(=O)CCC(C)(C)CN1C(=O)C=C2SCCC2C1=O)CN1C(=O)C=C2SCCC2C1=O.